The molecule has 4 nitrogen and oxygen atoms in total. The maximum Gasteiger partial charge on any atom is 0.253 e. The largest absolute Gasteiger partial charge is 0.383 e. The normalized spacial score (nSPS) is 17.6. The van der Waals surface area contributed by atoms with Crippen LogP contribution in [0, 0.1) is 5.92 Å². The van der Waals surface area contributed by atoms with E-state index in [1.807, 2.05) is 0 Å². The molecule has 6 heteroatoms. The Kier molecular flexibility index (Phi) is 5.27. The van der Waals surface area contributed by atoms with Gasteiger partial charge in [-0.25, -0.2) is 0 Å². The number of carbonyl (C=O) groups is 1. The van der Waals surface area contributed by atoms with Gasteiger partial charge in [0.05, 0.1) is 12.6 Å². The van der Waals surface area contributed by atoms with Crippen LogP contribution in [0.5, 0.6) is 0 Å². The molecule has 0 aromatic heterocycles. The molecule has 0 heterocycles. The quantitative estimate of drug-likeness (QED) is 0.847. The Morgan fingerprint density at radius 3 is 2.50 bits per heavy atom. The van der Waals surface area contributed by atoms with E-state index >= 15 is 0 Å². The maximum absolute atomic E-state index is 12.1. The number of nitrogens with one attached hydrogen (secondary N) is 1. The van der Waals surface area contributed by atoms with Crippen LogP contribution in [0.15, 0.2) is 18.2 Å². The Bertz CT molecular complexity index is 471. The molecular formula is C14H17Cl2NO3. The van der Waals surface area contributed by atoms with Crippen LogP contribution in [0.1, 0.15) is 24.5 Å². The second kappa shape index (κ2) is 6.76. The molecule has 0 unspecified atom stereocenters. The molecular weight excluding hydrogens is 301 g/mol. The van der Waals surface area contributed by atoms with Crippen LogP contribution in [0.3, 0.4) is 0 Å². The summed E-state index contributed by atoms with van der Waals surface area (Å²) in [6, 6.07) is 4.55. The van der Waals surface area contributed by atoms with Gasteiger partial charge in [0, 0.05) is 17.2 Å². The van der Waals surface area contributed by atoms with Gasteiger partial charge < -0.3 is 15.2 Å². The van der Waals surface area contributed by atoms with Crippen LogP contribution in [-0.2, 0) is 9.53 Å². The van der Waals surface area contributed by atoms with Gasteiger partial charge in [0.25, 0.3) is 5.91 Å². The summed E-state index contributed by atoms with van der Waals surface area (Å²) in [4.78, 5) is 12.1. The van der Waals surface area contributed by atoms with Crippen molar-refractivity contribution in [2.45, 2.75) is 25.0 Å². The average Bonchev–Trinajstić information content (AvgIpc) is 3.20. The second-order valence-electron chi connectivity index (χ2n) is 5.01. The lowest BCUT2D eigenvalue weighted by Crippen LogP contribution is -2.42. The van der Waals surface area contributed by atoms with Crippen LogP contribution in [0.2, 0.25) is 10.0 Å². The van der Waals surface area contributed by atoms with Crippen molar-refractivity contribution in [1.82, 2.24) is 5.32 Å². The molecule has 1 aromatic carbocycles. The van der Waals surface area contributed by atoms with Crippen LogP contribution < -0.4 is 5.32 Å². The van der Waals surface area contributed by atoms with E-state index in [0.717, 1.165) is 12.8 Å². The highest BCUT2D eigenvalue weighted by Crippen LogP contribution is 2.33. The molecule has 0 saturated heterocycles. The van der Waals surface area contributed by atoms with E-state index in [4.69, 9.17) is 27.9 Å². The van der Waals surface area contributed by atoms with Crippen LogP contribution in [0.25, 0.3) is 0 Å². The second-order valence-corrected chi connectivity index (χ2v) is 5.89. The third kappa shape index (κ3) is 4.09. The summed E-state index contributed by atoms with van der Waals surface area (Å²) in [7, 11) is 1.59. The summed E-state index contributed by atoms with van der Waals surface area (Å²) in [6.45, 7) is 0.444. The number of aliphatic hydroxyl groups is 1. The average molecular weight is 318 g/mol. The summed E-state index contributed by atoms with van der Waals surface area (Å²) in [6.07, 6.45) is 0.866. The number of rotatable bonds is 6. The molecule has 2 atom stereocenters. The number of benzene rings is 1. The predicted octanol–water partition coefficient (Wildman–Crippen LogP) is 2.57. The fourth-order valence-corrected chi connectivity index (χ4v) is 2.66. The maximum atomic E-state index is 12.1. The third-order valence-electron chi connectivity index (χ3n) is 3.31. The topological polar surface area (TPSA) is 58.6 Å². The van der Waals surface area contributed by atoms with Gasteiger partial charge in [-0.1, -0.05) is 23.2 Å². The van der Waals surface area contributed by atoms with E-state index < -0.39 is 12.0 Å². The smallest absolute Gasteiger partial charge is 0.253 e. The number of amides is 1. The Morgan fingerprint density at radius 2 is 2.00 bits per heavy atom. The summed E-state index contributed by atoms with van der Waals surface area (Å²) in [5.74, 6) is -0.0219. The number of hydrogen-bond acceptors (Lipinski definition) is 3. The van der Waals surface area contributed by atoms with Crippen molar-refractivity contribution in [2.75, 3.05) is 13.7 Å². The van der Waals surface area contributed by atoms with Crippen LogP contribution in [0.4, 0.5) is 0 Å². The number of halogens is 2. The van der Waals surface area contributed by atoms with Gasteiger partial charge >= 0.3 is 0 Å². The molecule has 1 saturated carbocycles. The van der Waals surface area contributed by atoms with Crippen molar-refractivity contribution >= 4 is 29.1 Å². The zero-order chi connectivity index (χ0) is 14.7. The van der Waals surface area contributed by atoms with Crippen molar-refractivity contribution in [3.63, 3.8) is 0 Å². The van der Waals surface area contributed by atoms with Gasteiger partial charge in [-0.15, -0.1) is 0 Å². The first-order chi connectivity index (χ1) is 9.51. The van der Waals surface area contributed by atoms with Gasteiger partial charge in [-0.05, 0) is 42.5 Å². The van der Waals surface area contributed by atoms with Crippen molar-refractivity contribution in [2.24, 2.45) is 5.92 Å². The van der Waals surface area contributed by atoms with Gasteiger partial charge in [0.1, 0.15) is 0 Å². The monoisotopic (exact) mass is 317 g/mol. The summed E-state index contributed by atoms with van der Waals surface area (Å²) in [5.41, 5.74) is 0.381. The number of aliphatic hydroxyl groups excluding tert-OH is 1. The van der Waals surface area contributed by atoms with Crippen molar-refractivity contribution in [3.05, 3.63) is 33.8 Å². The molecule has 1 aliphatic rings. The van der Waals surface area contributed by atoms with E-state index in [1.165, 1.54) is 12.1 Å². The standard InChI is InChI=1S/C14H17Cl2NO3/c1-20-7-12(8-2-3-8)17-14(19)13(18)9-4-10(15)6-11(16)5-9/h4-6,8,12-13,18H,2-3,7H2,1H3,(H,17,19)/t12-,13-/m0/s1. The molecule has 1 amide bonds. The lowest BCUT2D eigenvalue weighted by Gasteiger charge is -2.20. The molecule has 0 spiro atoms. The van der Waals surface area contributed by atoms with E-state index in [9.17, 15) is 9.90 Å². The van der Waals surface area contributed by atoms with Gasteiger partial charge in [0.2, 0.25) is 0 Å². The first-order valence-corrected chi connectivity index (χ1v) is 7.20. The van der Waals surface area contributed by atoms with Crippen LogP contribution >= 0.6 is 23.2 Å². The Balaban J connectivity index is 2.03. The molecule has 2 N–H and O–H groups in total. The highest BCUT2D eigenvalue weighted by atomic mass is 35.5. The van der Waals surface area contributed by atoms with Gasteiger partial charge in [-0.3, -0.25) is 4.79 Å². The molecule has 1 aliphatic carbocycles. The number of methoxy groups -OCH3 is 1. The van der Waals surface area contributed by atoms with E-state index in [2.05, 4.69) is 5.32 Å². The van der Waals surface area contributed by atoms with Gasteiger partial charge in [-0.2, -0.15) is 0 Å². The molecule has 2 rings (SSSR count). The predicted molar refractivity (Wildman–Crippen MR) is 78.0 cm³/mol. The molecule has 1 fully saturated rings. The summed E-state index contributed by atoms with van der Waals surface area (Å²) in [5, 5.41) is 13.7. The highest BCUT2D eigenvalue weighted by molar-refractivity contribution is 6.34. The van der Waals surface area contributed by atoms with Gasteiger partial charge in [0.15, 0.2) is 6.10 Å². The molecule has 0 aliphatic heterocycles. The van der Waals surface area contributed by atoms with E-state index in [0.29, 0.717) is 28.1 Å². The minimum Gasteiger partial charge on any atom is -0.383 e. The fraction of sp³-hybridized carbons (Fsp3) is 0.500. The van der Waals surface area contributed by atoms with E-state index in [1.54, 1.807) is 13.2 Å². The fourth-order valence-electron chi connectivity index (χ4n) is 2.12. The highest BCUT2D eigenvalue weighted by Gasteiger charge is 2.33. The minimum atomic E-state index is -1.29. The number of carbonyl (C=O) groups excluding carboxylic acids is 1. The lowest BCUT2D eigenvalue weighted by atomic mass is 10.1. The lowest BCUT2D eigenvalue weighted by molar-refractivity contribution is -0.131. The van der Waals surface area contributed by atoms with Crippen molar-refractivity contribution in [3.8, 4) is 0 Å². The summed E-state index contributed by atoms with van der Waals surface area (Å²) < 4.78 is 5.09. The number of hydrogen-bond donors (Lipinski definition) is 2. The first-order valence-electron chi connectivity index (χ1n) is 6.44. The molecule has 110 valence electrons. The Labute approximate surface area is 128 Å². The third-order valence-corrected chi connectivity index (χ3v) is 3.75. The number of ether oxygens (including phenoxy) is 1. The Hall–Kier alpha value is -0.810. The molecule has 20 heavy (non-hydrogen) atoms. The molecule has 0 radical (unpaired) electrons. The van der Waals surface area contributed by atoms with E-state index in [-0.39, 0.29) is 6.04 Å². The molecule has 1 aromatic rings. The first kappa shape index (κ1) is 15.6. The van der Waals surface area contributed by atoms with Crippen molar-refractivity contribution in [1.29, 1.82) is 0 Å². The minimum absolute atomic E-state index is 0.0585. The zero-order valence-corrected chi connectivity index (χ0v) is 12.6. The Morgan fingerprint density at radius 1 is 1.40 bits per heavy atom. The SMILES string of the molecule is COC[C@H](NC(=O)[C@@H](O)c1cc(Cl)cc(Cl)c1)C1CC1. The van der Waals surface area contributed by atoms with Crippen LogP contribution in [-0.4, -0.2) is 30.8 Å². The molecule has 0 bridgehead atoms. The zero-order valence-electron chi connectivity index (χ0n) is 11.1. The van der Waals surface area contributed by atoms with Crippen molar-refractivity contribution < 1.29 is 14.6 Å². The summed E-state index contributed by atoms with van der Waals surface area (Å²) >= 11 is 11.7.